The van der Waals surface area contributed by atoms with Gasteiger partial charge in [-0.3, -0.25) is 28.3 Å². The standard InChI is InChI=1S/C25H28N6O4/c1-3-14-30(20(32)13-15-29-19-12-8-7-11-18(19)28(2)25(29)35)21-22(26)31(24(34)27-23(21)33)16-17-9-5-4-6-10-17/h4-12H,3,13-16,26H2,1-2H3,(H,27,33,34). The predicted molar refractivity (Wildman–Crippen MR) is 136 cm³/mol. The number of nitrogen functional groups attached to an aromatic ring is 1. The molecule has 0 aliphatic heterocycles. The van der Waals surface area contributed by atoms with Crippen LogP contribution in [0.2, 0.25) is 0 Å². The number of anilines is 2. The lowest BCUT2D eigenvalue weighted by Crippen LogP contribution is -2.42. The molecule has 0 radical (unpaired) electrons. The molecule has 35 heavy (non-hydrogen) atoms. The smallest absolute Gasteiger partial charge is 0.330 e. The highest BCUT2D eigenvalue weighted by Crippen LogP contribution is 2.20. The van der Waals surface area contributed by atoms with Crippen molar-refractivity contribution in [2.24, 2.45) is 7.05 Å². The van der Waals surface area contributed by atoms with Crippen LogP contribution in [0.25, 0.3) is 11.0 Å². The minimum Gasteiger partial charge on any atom is -0.383 e. The summed E-state index contributed by atoms with van der Waals surface area (Å²) in [5, 5.41) is 0. The third-order valence-corrected chi connectivity index (χ3v) is 6.02. The summed E-state index contributed by atoms with van der Waals surface area (Å²) in [7, 11) is 1.68. The van der Waals surface area contributed by atoms with Gasteiger partial charge in [0.15, 0.2) is 5.69 Å². The Bertz CT molecular complexity index is 1540. The Hall–Kier alpha value is -4.34. The number of carbonyl (C=O) groups excluding carboxylic acids is 1. The third-order valence-electron chi connectivity index (χ3n) is 6.02. The number of imidazole rings is 1. The van der Waals surface area contributed by atoms with Gasteiger partial charge in [-0.15, -0.1) is 0 Å². The maximum absolute atomic E-state index is 13.3. The minimum absolute atomic E-state index is 0.0232. The topological polar surface area (TPSA) is 128 Å². The summed E-state index contributed by atoms with van der Waals surface area (Å²) in [6.07, 6.45) is 0.543. The summed E-state index contributed by atoms with van der Waals surface area (Å²) in [5.41, 5.74) is 6.96. The molecule has 0 saturated carbocycles. The van der Waals surface area contributed by atoms with Crippen LogP contribution in [0.15, 0.2) is 69.0 Å². The lowest BCUT2D eigenvalue weighted by molar-refractivity contribution is -0.118. The average Bonchev–Trinajstić information content (AvgIpc) is 3.09. The van der Waals surface area contributed by atoms with Crippen LogP contribution in [0.4, 0.5) is 11.5 Å². The monoisotopic (exact) mass is 476 g/mol. The van der Waals surface area contributed by atoms with Crippen LogP contribution < -0.4 is 27.6 Å². The van der Waals surface area contributed by atoms with Crippen LogP contribution in [-0.4, -0.2) is 31.1 Å². The van der Waals surface area contributed by atoms with Gasteiger partial charge in [-0.2, -0.15) is 0 Å². The zero-order valence-corrected chi connectivity index (χ0v) is 19.7. The van der Waals surface area contributed by atoms with E-state index in [0.29, 0.717) is 6.42 Å². The van der Waals surface area contributed by atoms with Gasteiger partial charge in [0.1, 0.15) is 5.82 Å². The van der Waals surface area contributed by atoms with Crippen LogP contribution in [0.3, 0.4) is 0 Å². The van der Waals surface area contributed by atoms with Crippen molar-refractivity contribution in [1.82, 2.24) is 18.7 Å². The molecule has 0 atom stereocenters. The lowest BCUT2D eigenvalue weighted by atomic mass is 10.2. The van der Waals surface area contributed by atoms with Crippen molar-refractivity contribution >= 4 is 28.4 Å². The molecule has 0 fully saturated rings. The van der Waals surface area contributed by atoms with Crippen LogP contribution in [0.5, 0.6) is 0 Å². The molecule has 0 unspecified atom stereocenters. The molecule has 182 valence electrons. The Morgan fingerprint density at radius 2 is 1.63 bits per heavy atom. The fourth-order valence-electron chi connectivity index (χ4n) is 4.27. The van der Waals surface area contributed by atoms with E-state index in [0.717, 1.165) is 16.6 Å². The first-order valence-corrected chi connectivity index (χ1v) is 11.4. The molecule has 2 aromatic heterocycles. The molecule has 10 nitrogen and oxygen atoms in total. The van der Waals surface area contributed by atoms with E-state index in [2.05, 4.69) is 4.98 Å². The number of aryl methyl sites for hydroxylation is 2. The highest BCUT2D eigenvalue weighted by atomic mass is 16.2. The quantitative estimate of drug-likeness (QED) is 0.400. The van der Waals surface area contributed by atoms with Crippen LogP contribution >= 0.6 is 0 Å². The number of nitrogens with zero attached hydrogens (tertiary/aromatic N) is 4. The maximum atomic E-state index is 13.3. The highest BCUT2D eigenvalue weighted by molar-refractivity contribution is 5.95. The number of aromatic nitrogens is 4. The molecule has 4 rings (SSSR count). The van der Waals surface area contributed by atoms with Crippen molar-refractivity contribution in [1.29, 1.82) is 0 Å². The van der Waals surface area contributed by atoms with Gasteiger partial charge in [0.05, 0.1) is 17.6 Å². The van der Waals surface area contributed by atoms with Gasteiger partial charge < -0.3 is 10.6 Å². The first-order chi connectivity index (χ1) is 16.8. The van der Waals surface area contributed by atoms with E-state index in [1.54, 1.807) is 11.6 Å². The molecule has 0 bridgehead atoms. The lowest BCUT2D eigenvalue weighted by Gasteiger charge is -2.24. The number of rotatable bonds is 8. The fraction of sp³-hybridized carbons (Fsp3) is 0.280. The SMILES string of the molecule is CCCN(C(=O)CCn1c(=O)n(C)c2ccccc21)c1c(N)n(Cc2ccccc2)c(=O)[nH]c1=O. The van der Waals surface area contributed by atoms with Gasteiger partial charge in [-0.1, -0.05) is 49.4 Å². The molecule has 0 spiro atoms. The third kappa shape index (κ3) is 4.54. The minimum atomic E-state index is -0.721. The maximum Gasteiger partial charge on any atom is 0.330 e. The Morgan fingerprint density at radius 3 is 2.31 bits per heavy atom. The predicted octanol–water partition coefficient (Wildman–Crippen LogP) is 1.65. The molecule has 10 heteroatoms. The molecule has 3 N–H and O–H groups in total. The number of nitrogens with one attached hydrogen (secondary N) is 1. The van der Waals surface area contributed by atoms with E-state index in [1.807, 2.05) is 61.5 Å². The summed E-state index contributed by atoms with van der Waals surface area (Å²) in [4.78, 5) is 55.0. The van der Waals surface area contributed by atoms with Crippen LogP contribution in [-0.2, 0) is 24.9 Å². The van der Waals surface area contributed by atoms with Crippen LogP contribution in [0, 0.1) is 0 Å². The number of hydrogen-bond acceptors (Lipinski definition) is 5. The number of benzene rings is 2. The Balaban J connectivity index is 1.67. The first kappa shape index (κ1) is 23.8. The Kier molecular flexibility index (Phi) is 6.72. The molecule has 2 heterocycles. The molecule has 0 aliphatic carbocycles. The molecule has 4 aromatic rings. The Morgan fingerprint density at radius 1 is 0.971 bits per heavy atom. The number of nitrogens with two attached hydrogens (primary N) is 1. The Labute approximate surface area is 200 Å². The molecule has 0 saturated heterocycles. The van der Waals surface area contributed by atoms with Crippen molar-refractivity contribution in [3.8, 4) is 0 Å². The number of amides is 1. The van der Waals surface area contributed by atoms with E-state index in [1.165, 1.54) is 14.0 Å². The van der Waals surface area contributed by atoms with E-state index in [-0.39, 0.29) is 49.2 Å². The van der Waals surface area contributed by atoms with Gasteiger partial charge in [0.25, 0.3) is 5.56 Å². The van der Waals surface area contributed by atoms with Crippen molar-refractivity contribution in [3.05, 3.63) is 91.5 Å². The number of para-hydroxylation sites is 2. The highest BCUT2D eigenvalue weighted by Gasteiger charge is 2.24. The fourth-order valence-corrected chi connectivity index (χ4v) is 4.27. The summed E-state index contributed by atoms with van der Waals surface area (Å²) in [5.74, 6) is -0.444. The normalized spacial score (nSPS) is 11.1. The summed E-state index contributed by atoms with van der Waals surface area (Å²) >= 11 is 0. The van der Waals surface area contributed by atoms with E-state index in [9.17, 15) is 19.2 Å². The average molecular weight is 477 g/mol. The molecule has 1 amide bonds. The second-order valence-corrected chi connectivity index (χ2v) is 8.34. The second-order valence-electron chi connectivity index (χ2n) is 8.34. The molecular formula is C25H28N6O4. The zero-order chi connectivity index (χ0) is 25.1. The van der Waals surface area contributed by atoms with Gasteiger partial charge in [-0.25, -0.2) is 9.59 Å². The van der Waals surface area contributed by atoms with Crippen LogP contribution in [0.1, 0.15) is 25.3 Å². The van der Waals surface area contributed by atoms with E-state index >= 15 is 0 Å². The molecule has 0 aliphatic rings. The largest absolute Gasteiger partial charge is 0.383 e. The first-order valence-electron chi connectivity index (χ1n) is 11.4. The van der Waals surface area contributed by atoms with Crippen molar-refractivity contribution < 1.29 is 4.79 Å². The van der Waals surface area contributed by atoms with Crippen molar-refractivity contribution in [3.63, 3.8) is 0 Å². The zero-order valence-electron chi connectivity index (χ0n) is 19.7. The molecular weight excluding hydrogens is 448 g/mol. The number of aromatic amines is 1. The number of hydrogen-bond donors (Lipinski definition) is 2. The van der Waals surface area contributed by atoms with Gasteiger partial charge >= 0.3 is 11.4 Å². The number of H-pyrrole nitrogens is 1. The summed E-state index contributed by atoms with van der Waals surface area (Å²) in [6, 6.07) is 16.6. The van der Waals surface area contributed by atoms with Gasteiger partial charge in [0, 0.05) is 26.6 Å². The van der Waals surface area contributed by atoms with Gasteiger partial charge in [0.2, 0.25) is 5.91 Å². The van der Waals surface area contributed by atoms with Crippen molar-refractivity contribution in [2.75, 3.05) is 17.2 Å². The van der Waals surface area contributed by atoms with E-state index < -0.39 is 11.2 Å². The number of carbonyl (C=O) groups is 1. The van der Waals surface area contributed by atoms with Crippen molar-refractivity contribution in [2.45, 2.75) is 32.9 Å². The second kappa shape index (κ2) is 9.88. The van der Waals surface area contributed by atoms with Gasteiger partial charge in [-0.05, 0) is 24.1 Å². The molecule has 2 aromatic carbocycles. The number of fused-ring (bicyclic) bond motifs is 1. The summed E-state index contributed by atoms with van der Waals surface area (Å²) in [6.45, 7) is 2.40. The summed E-state index contributed by atoms with van der Waals surface area (Å²) < 4.78 is 4.32. The van der Waals surface area contributed by atoms with E-state index in [4.69, 9.17) is 5.73 Å².